The molecule has 0 aromatic heterocycles. The minimum atomic E-state index is -1.36. The van der Waals surface area contributed by atoms with Crippen LogP contribution in [-0.2, 0) is 9.59 Å². The third kappa shape index (κ3) is 2.84. The molecule has 0 aromatic rings. The molecule has 1 amide bonds. The number of aliphatic hydroxyl groups is 1. The van der Waals surface area contributed by atoms with Gasteiger partial charge in [-0.25, -0.2) is 4.79 Å². The van der Waals surface area contributed by atoms with Crippen molar-refractivity contribution >= 4 is 11.9 Å². The number of allylic oxidation sites excluding steroid dienone is 2. The van der Waals surface area contributed by atoms with Crippen LogP contribution in [0.4, 0.5) is 4.39 Å². The number of hydrogen-bond acceptors (Lipinski definition) is 4. The van der Waals surface area contributed by atoms with E-state index in [2.05, 4.69) is 5.43 Å². The van der Waals surface area contributed by atoms with E-state index in [0.717, 1.165) is 5.01 Å². The molecule has 1 rings (SSSR count). The van der Waals surface area contributed by atoms with Crippen molar-refractivity contribution in [3.8, 4) is 0 Å². The first-order valence-electron chi connectivity index (χ1n) is 4.22. The summed E-state index contributed by atoms with van der Waals surface area (Å²) in [5.74, 6) is -3.64. The lowest BCUT2D eigenvalue weighted by Crippen LogP contribution is -2.41. The third-order valence-electron chi connectivity index (χ3n) is 1.75. The number of carboxylic acids is 1. The SMILES string of the molecule is O=C(O)C1=CC=CN(NC(=O)C(F)=CO)C1. The van der Waals surface area contributed by atoms with Crippen LogP contribution in [0.25, 0.3) is 0 Å². The van der Waals surface area contributed by atoms with Crippen LogP contribution in [0.3, 0.4) is 0 Å². The Bertz CT molecular complexity index is 400. The van der Waals surface area contributed by atoms with Crippen LogP contribution < -0.4 is 5.43 Å². The van der Waals surface area contributed by atoms with Gasteiger partial charge in [-0.15, -0.1) is 0 Å². The number of nitrogens with zero attached hydrogens (tertiary/aromatic N) is 1. The van der Waals surface area contributed by atoms with E-state index in [1.54, 1.807) is 0 Å². The lowest BCUT2D eigenvalue weighted by molar-refractivity contribution is -0.133. The van der Waals surface area contributed by atoms with Crippen LogP contribution in [0.2, 0.25) is 0 Å². The summed E-state index contributed by atoms with van der Waals surface area (Å²) in [7, 11) is 0. The lowest BCUT2D eigenvalue weighted by Gasteiger charge is -2.22. The number of halogens is 1. The van der Waals surface area contributed by atoms with Gasteiger partial charge in [0, 0.05) is 6.20 Å². The number of hydrogen-bond donors (Lipinski definition) is 3. The summed E-state index contributed by atoms with van der Waals surface area (Å²) in [6, 6.07) is 0. The summed E-state index contributed by atoms with van der Waals surface area (Å²) in [6.07, 6.45) is 4.16. The molecule has 1 aliphatic rings. The summed E-state index contributed by atoms with van der Waals surface area (Å²) in [5, 5.41) is 18.0. The van der Waals surface area contributed by atoms with Crippen molar-refractivity contribution in [2.75, 3.05) is 6.54 Å². The largest absolute Gasteiger partial charge is 0.512 e. The first-order chi connectivity index (χ1) is 7.54. The molecule has 86 valence electrons. The van der Waals surface area contributed by atoms with E-state index in [-0.39, 0.29) is 18.4 Å². The summed E-state index contributed by atoms with van der Waals surface area (Å²) in [6.45, 7) is -0.0870. The predicted octanol–water partition coefficient (Wildman–Crippen LogP) is 0.227. The summed E-state index contributed by atoms with van der Waals surface area (Å²) >= 11 is 0. The van der Waals surface area contributed by atoms with Gasteiger partial charge in [0.2, 0.25) is 5.83 Å². The fourth-order valence-corrected chi connectivity index (χ4v) is 1.01. The van der Waals surface area contributed by atoms with E-state index >= 15 is 0 Å². The van der Waals surface area contributed by atoms with Gasteiger partial charge in [-0.2, -0.15) is 4.39 Å². The van der Waals surface area contributed by atoms with Gasteiger partial charge in [0.05, 0.1) is 12.1 Å². The van der Waals surface area contributed by atoms with Crippen molar-refractivity contribution in [1.29, 1.82) is 0 Å². The molecule has 0 unspecified atom stereocenters. The Kier molecular flexibility index (Phi) is 3.65. The van der Waals surface area contributed by atoms with Crippen LogP contribution in [0.15, 0.2) is 36.0 Å². The van der Waals surface area contributed by atoms with Crippen LogP contribution >= 0.6 is 0 Å². The Morgan fingerprint density at radius 2 is 2.25 bits per heavy atom. The molecule has 0 aromatic carbocycles. The van der Waals surface area contributed by atoms with Gasteiger partial charge >= 0.3 is 11.9 Å². The molecule has 0 spiro atoms. The molecular formula is C9H9FN2O4. The van der Waals surface area contributed by atoms with E-state index in [1.165, 1.54) is 18.4 Å². The molecular weight excluding hydrogens is 219 g/mol. The number of nitrogens with one attached hydrogen (secondary N) is 1. The number of amides is 1. The fourth-order valence-electron chi connectivity index (χ4n) is 1.01. The molecule has 7 heteroatoms. The van der Waals surface area contributed by atoms with Crippen LogP contribution in [0, 0.1) is 0 Å². The standard InChI is InChI=1S/C9H9FN2O4/c10-7(5-13)8(14)11-12-3-1-2-6(4-12)9(15)16/h1-3,5,13H,4H2,(H,11,14)(H,15,16). The number of carboxylic acid groups (broad SMARTS) is 1. The molecule has 0 aliphatic carbocycles. The van der Waals surface area contributed by atoms with Crippen molar-refractivity contribution in [3.63, 3.8) is 0 Å². The quantitative estimate of drug-likeness (QED) is 0.475. The van der Waals surface area contributed by atoms with Crippen LogP contribution in [0.1, 0.15) is 0 Å². The van der Waals surface area contributed by atoms with E-state index in [4.69, 9.17) is 10.2 Å². The van der Waals surface area contributed by atoms with E-state index in [0.29, 0.717) is 0 Å². The predicted molar refractivity (Wildman–Crippen MR) is 51.5 cm³/mol. The van der Waals surface area contributed by atoms with E-state index in [9.17, 15) is 14.0 Å². The van der Waals surface area contributed by atoms with Gasteiger partial charge in [-0.05, 0) is 12.2 Å². The molecule has 3 N–H and O–H groups in total. The van der Waals surface area contributed by atoms with E-state index < -0.39 is 17.7 Å². The van der Waals surface area contributed by atoms with Crippen molar-refractivity contribution in [2.24, 2.45) is 0 Å². The van der Waals surface area contributed by atoms with Gasteiger partial charge in [0.15, 0.2) is 0 Å². The minimum absolute atomic E-state index is 0.0247. The number of hydrazine groups is 1. The highest BCUT2D eigenvalue weighted by molar-refractivity contribution is 5.91. The van der Waals surface area contributed by atoms with Crippen LogP contribution in [0.5, 0.6) is 0 Å². The lowest BCUT2D eigenvalue weighted by atomic mass is 10.2. The Morgan fingerprint density at radius 1 is 1.56 bits per heavy atom. The Hall–Kier alpha value is -2.31. The Morgan fingerprint density at radius 3 is 2.81 bits per heavy atom. The molecule has 1 aliphatic heterocycles. The second-order valence-electron chi connectivity index (χ2n) is 2.88. The maximum atomic E-state index is 12.6. The highest BCUT2D eigenvalue weighted by Crippen LogP contribution is 2.06. The summed E-state index contributed by atoms with van der Waals surface area (Å²) < 4.78 is 12.6. The second-order valence-corrected chi connectivity index (χ2v) is 2.88. The maximum absolute atomic E-state index is 12.6. The third-order valence-corrected chi connectivity index (χ3v) is 1.75. The molecule has 0 fully saturated rings. The molecule has 0 bridgehead atoms. The zero-order valence-electron chi connectivity index (χ0n) is 8.05. The molecule has 6 nitrogen and oxygen atoms in total. The Balaban J connectivity index is 2.60. The summed E-state index contributed by atoms with van der Waals surface area (Å²) in [5.41, 5.74) is 2.11. The number of aliphatic hydroxyl groups excluding tert-OH is 1. The average molecular weight is 228 g/mol. The molecule has 0 saturated heterocycles. The molecule has 0 saturated carbocycles. The number of aliphatic carboxylic acids is 1. The first kappa shape index (κ1) is 11.8. The van der Waals surface area contributed by atoms with Crippen molar-refractivity contribution in [3.05, 3.63) is 36.0 Å². The highest BCUT2D eigenvalue weighted by atomic mass is 19.1. The Labute approximate surface area is 89.9 Å². The van der Waals surface area contributed by atoms with Gasteiger partial charge < -0.3 is 10.2 Å². The van der Waals surface area contributed by atoms with Gasteiger partial charge in [-0.3, -0.25) is 15.2 Å². The van der Waals surface area contributed by atoms with Crippen molar-refractivity contribution < 1.29 is 24.2 Å². The van der Waals surface area contributed by atoms with Crippen LogP contribution in [-0.4, -0.2) is 33.6 Å². The minimum Gasteiger partial charge on any atom is -0.512 e. The smallest absolute Gasteiger partial charge is 0.333 e. The van der Waals surface area contributed by atoms with Crippen molar-refractivity contribution in [1.82, 2.24) is 10.4 Å². The number of rotatable bonds is 3. The fraction of sp³-hybridized carbons (Fsp3) is 0.111. The van der Waals surface area contributed by atoms with Gasteiger partial charge in [0.1, 0.15) is 6.26 Å². The van der Waals surface area contributed by atoms with Gasteiger partial charge in [-0.1, -0.05) is 0 Å². The molecule has 0 atom stereocenters. The highest BCUT2D eigenvalue weighted by Gasteiger charge is 2.17. The van der Waals surface area contributed by atoms with Gasteiger partial charge in [0.25, 0.3) is 0 Å². The number of carbonyl (C=O) groups excluding carboxylic acids is 1. The second kappa shape index (κ2) is 4.96. The number of carbonyl (C=O) groups is 2. The topological polar surface area (TPSA) is 89.9 Å². The maximum Gasteiger partial charge on any atom is 0.333 e. The zero-order chi connectivity index (χ0) is 12.1. The normalized spacial score (nSPS) is 15.7. The summed E-state index contributed by atoms with van der Waals surface area (Å²) in [4.78, 5) is 21.6. The molecule has 0 radical (unpaired) electrons. The molecule has 16 heavy (non-hydrogen) atoms. The zero-order valence-corrected chi connectivity index (χ0v) is 8.05. The first-order valence-corrected chi connectivity index (χ1v) is 4.22. The van der Waals surface area contributed by atoms with E-state index in [1.807, 2.05) is 0 Å². The average Bonchev–Trinajstić information content (AvgIpc) is 2.28. The molecule has 1 heterocycles. The van der Waals surface area contributed by atoms with Crippen molar-refractivity contribution in [2.45, 2.75) is 0 Å². The monoisotopic (exact) mass is 228 g/mol.